The second-order valence-corrected chi connectivity index (χ2v) is 5.20. The highest BCUT2D eigenvalue weighted by molar-refractivity contribution is 5.03. The lowest BCUT2D eigenvalue weighted by Crippen LogP contribution is -2.62. The van der Waals surface area contributed by atoms with E-state index in [0.29, 0.717) is 6.04 Å². The van der Waals surface area contributed by atoms with Crippen LogP contribution in [0, 0.1) is 11.8 Å². The number of nitrogens with one attached hydrogen (secondary N) is 1. The maximum Gasteiger partial charge on any atom is 0.0311 e. The Bertz CT molecular complexity index is 157. The summed E-state index contributed by atoms with van der Waals surface area (Å²) < 4.78 is 0. The highest BCUT2D eigenvalue weighted by Gasteiger charge is 2.44. The Morgan fingerprint density at radius 1 is 1.31 bits per heavy atom. The van der Waals surface area contributed by atoms with Gasteiger partial charge in [0.15, 0.2) is 0 Å². The predicted octanol–water partition coefficient (Wildman–Crippen LogP) is 1.75. The van der Waals surface area contributed by atoms with Crippen LogP contribution in [0.3, 0.4) is 0 Å². The first-order valence-electron chi connectivity index (χ1n) is 5.47. The van der Waals surface area contributed by atoms with Gasteiger partial charge in [-0.15, -0.1) is 0 Å². The molecule has 0 amide bonds. The summed E-state index contributed by atoms with van der Waals surface area (Å²) in [5, 5.41) is 3.60. The topological polar surface area (TPSA) is 38.0 Å². The van der Waals surface area contributed by atoms with Crippen molar-refractivity contribution in [3.05, 3.63) is 0 Å². The number of rotatable bonds is 4. The zero-order chi connectivity index (χ0) is 10.1. The Morgan fingerprint density at radius 3 is 2.15 bits per heavy atom. The monoisotopic (exact) mass is 184 g/mol. The average Bonchev–Trinajstić information content (AvgIpc) is 1.94. The van der Waals surface area contributed by atoms with Gasteiger partial charge in [-0.3, -0.25) is 0 Å². The van der Waals surface area contributed by atoms with Crippen LogP contribution in [0.4, 0.5) is 0 Å². The molecule has 0 bridgehead atoms. The van der Waals surface area contributed by atoms with Gasteiger partial charge in [0, 0.05) is 18.1 Å². The van der Waals surface area contributed by atoms with E-state index in [2.05, 4.69) is 33.0 Å². The summed E-state index contributed by atoms with van der Waals surface area (Å²) in [6.07, 6.45) is 2.53. The minimum Gasteiger partial charge on any atom is -0.329 e. The fourth-order valence-corrected chi connectivity index (χ4v) is 2.37. The fourth-order valence-electron chi connectivity index (χ4n) is 2.37. The fraction of sp³-hybridized carbons (Fsp3) is 1.00. The van der Waals surface area contributed by atoms with Crippen LogP contribution in [-0.4, -0.2) is 18.1 Å². The Labute approximate surface area is 82.3 Å². The molecule has 0 aromatic carbocycles. The minimum atomic E-state index is 0.267. The molecule has 1 rings (SSSR count). The third-order valence-electron chi connectivity index (χ3n) is 3.23. The van der Waals surface area contributed by atoms with Crippen LogP contribution < -0.4 is 11.1 Å². The van der Waals surface area contributed by atoms with Crippen molar-refractivity contribution in [3.63, 3.8) is 0 Å². The summed E-state index contributed by atoms with van der Waals surface area (Å²) in [6, 6.07) is 0.552. The molecule has 2 nitrogen and oxygen atoms in total. The first-order valence-corrected chi connectivity index (χ1v) is 5.47. The van der Waals surface area contributed by atoms with Crippen molar-refractivity contribution >= 4 is 0 Å². The molecule has 0 heterocycles. The molecule has 0 radical (unpaired) electrons. The Morgan fingerprint density at radius 2 is 1.85 bits per heavy atom. The highest BCUT2D eigenvalue weighted by atomic mass is 15.0. The lowest BCUT2D eigenvalue weighted by atomic mass is 9.64. The molecule has 0 aromatic rings. The second-order valence-electron chi connectivity index (χ2n) is 5.20. The molecule has 0 aliphatic heterocycles. The molecule has 1 aliphatic rings. The molecular weight excluding hydrogens is 160 g/mol. The SMILES string of the molecule is CC(C)NC1(CN)CC(C(C)C)C1. The van der Waals surface area contributed by atoms with Crippen molar-refractivity contribution < 1.29 is 0 Å². The molecule has 1 fully saturated rings. The predicted molar refractivity (Wildman–Crippen MR) is 57.6 cm³/mol. The molecular formula is C11H24N2. The average molecular weight is 184 g/mol. The van der Waals surface area contributed by atoms with Crippen LogP contribution in [-0.2, 0) is 0 Å². The van der Waals surface area contributed by atoms with Gasteiger partial charge in [0.1, 0.15) is 0 Å². The van der Waals surface area contributed by atoms with Gasteiger partial charge < -0.3 is 11.1 Å². The molecule has 0 saturated heterocycles. The highest BCUT2D eigenvalue weighted by Crippen LogP contribution is 2.41. The van der Waals surface area contributed by atoms with Gasteiger partial charge in [-0.25, -0.2) is 0 Å². The quantitative estimate of drug-likeness (QED) is 0.698. The number of hydrogen-bond donors (Lipinski definition) is 2. The van der Waals surface area contributed by atoms with E-state index in [9.17, 15) is 0 Å². The van der Waals surface area contributed by atoms with E-state index in [0.717, 1.165) is 18.4 Å². The first kappa shape index (κ1) is 11.0. The van der Waals surface area contributed by atoms with Gasteiger partial charge in [-0.1, -0.05) is 27.7 Å². The van der Waals surface area contributed by atoms with Crippen LogP contribution >= 0.6 is 0 Å². The molecule has 1 saturated carbocycles. The van der Waals surface area contributed by atoms with Gasteiger partial charge in [0.25, 0.3) is 0 Å². The maximum atomic E-state index is 5.82. The number of nitrogens with two attached hydrogens (primary N) is 1. The lowest BCUT2D eigenvalue weighted by molar-refractivity contribution is 0.0695. The molecule has 0 unspecified atom stereocenters. The van der Waals surface area contributed by atoms with Crippen molar-refractivity contribution in [2.24, 2.45) is 17.6 Å². The largest absolute Gasteiger partial charge is 0.329 e. The van der Waals surface area contributed by atoms with E-state index in [1.165, 1.54) is 12.8 Å². The molecule has 2 heteroatoms. The third kappa shape index (κ3) is 2.44. The standard InChI is InChI=1S/C11H24N2/c1-8(2)10-5-11(6-10,7-12)13-9(3)4/h8-10,13H,5-7,12H2,1-4H3. The molecule has 0 spiro atoms. The van der Waals surface area contributed by atoms with Crippen LogP contribution in [0.25, 0.3) is 0 Å². The Hall–Kier alpha value is -0.0800. The maximum absolute atomic E-state index is 5.82. The molecule has 0 atom stereocenters. The molecule has 13 heavy (non-hydrogen) atoms. The van der Waals surface area contributed by atoms with Gasteiger partial charge in [-0.2, -0.15) is 0 Å². The van der Waals surface area contributed by atoms with E-state index in [-0.39, 0.29) is 5.54 Å². The smallest absolute Gasteiger partial charge is 0.0311 e. The van der Waals surface area contributed by atoms with E-state index < -0.39 is 0 Å². The summed E-state index contributed by atoms with van der Waals surface area (Å²) in [5.74, 6) is 1.70. The van der Waals surface area contributed by atoms with Crippen molar-refractivity contribution in [1.82, 2.24) is 5.32 Å². The van der Waals surface area contributed by atoms with Gasteiger partial charge in [0.05, 0.1) is 0 Å². The van der Waals surface area contributed by atoms with Crippen LogP contribution in [0.15, 0.2) is 0 Å². The summed E-state index contributed by atoms with van der Waals surface area (Å²) in [5.41, 5.74) is 6.08. The van der Waals surface area contributed by atoms with Crippen molar-refractivity contribution in [2.45, 2.75) is 52.1 Å². The van der Waals surface area contributed by atoms with E-state index in [1.807, 2.05) is 0 Å². The number of hydrogen-bond acceptors (Lipinski definition) is 2. The second kappa shape index (κ2) is 3.97. The van der Waals surface area contributed by atoms with Gasteiger partial charge in [-0.05, 0) is 24.7 Å². The zero-order valence-electron chi connectivity index (χ0n) is 9.43. The zero-order valence-corrected chi connectivity index (χ0v) is 9.43. The Balaban J connectivity index is 2.40. The lowest BCUT2D eigenvalue weighted by Gasteiger charge is -2.50. The van der Waals surface area contributed by atoms with Crippen molar-refractivity contribution in [2.75, 3.05) is 6.54 Å². The van der Waals surface area contributed by atoms with E-state index in [1.54, 1.807) is 0 Å². The summed E-state index contributed by atoms with van der Waals surface area (Å²) >= 11 is 0. The summed E-state index contributed by atoms with van der Waals surface area (Å²) in [6.45, 7) is 9.79. The normalized spacial score (nSPS) is 33.9. The Kier molecular flexibility index (Phi) is 3.36. The van der Waals surface area contributed by atoms with Gasteiger partial charge in [0.2, 0.25) is 0 Å². The summed E-state index contributed by atoms with van der Waals surface area (Å²) in [4.78, 5) is 0. The van der Waals surface area contributed by atoms with E-state index >= 15 is 0 Å². The van der Waals surface area contributed by atoms with Crippen molar-refractivity contribution in [3.8, 4) is 0 Å². The first-order chi connectivity index (χ1) is 5.99. The van der Waals surface area contributed by atoms with Crippen LogP contribution in [0.5, 0.6) is 0 Å². The molecule has 3 N–H and O–H groups in total. The van der Waals surface area contributed by atoms with Crippen LogP contribution in [0.1, 0.15) is 40.5 Å². The van der Waals surface area contributed by atoms with Gasteiger partial charge >= 0.3 is 0 Å². The third-order valence-corrected chi connectivity index (χ3v) is 3.23. The van der Waals surface area contributed by atoms with E-state index in [4.69, 9.17) is 5.73 Å². The molecule has 1 aliphatic carbocycles. The van der Waals surface area contributed by atoms with Crippen molar-refractivity contribution in [1.29, 1.82) is 0 Å². The minimum absolute atomic E-state index is 0.267. The van der Waals surface area contributed by atoms with Crippen LogP contribution in [0.2, 0.25) is 0 Å². The molecule has 0 aromatic heterocycles. The molecule has 78 valence electrons. The summed E-state index contributed by atoms with van der Waals surface area (Å²) in [7, 11) is 0.